The zero-order chi connectivity index (χ0) is 99.1. The number of fused-ring (bicyclic) bond motifs is 12. The number of rotatable bonds is 21. The lowest BCUT2D eigenvalue weighted by atomic mass is 9.96. The zero-order valence-corrected chi connectivity index (χ0v) is 81.9. The van der Waals surface area contributed by atoms with E-state index in [0.29, 0.717) is 0 Å². The Kier molecular flexibility index (Phi) is 21.9. The summed E-state index contributed by atoms with van der Waals surface area (Å²) in [5, 5.41) is 9.50. The lowest BCUT2D eigenvalue weighted by Crippen LogP contribution is -2.10. The Morgan fingerprint density at radius 2 is 0.340 bits per heavy atom. The fourth-order valence-corrected chi connectivity index (χ4v) is 22.7. The maximum Gasteiger partial charge on any atom is 0.136 e. The molecule has 0 atom stereocenters. The Bertz CT molecular complexity index is 9870. The first kappa shape index (κ1) is 87.8. The van der Waals surface area contributed by atoms with Gasteiger partial charge in [0.2, 0.25) is 0 Å². The normalized spacial score (nSPS) is 11.6. The summed E-state index contributed by atoms with van der Waals surface area (Å²) < 4.78 is 17.4. The predicted molar refractivity (Wildman–Crippen MR) is 630 cm³/mol. The Hall–Kier alpha value is -19.9. The summed E-state index contributed by atoms with van der Waals surface area (Å²) in [6, 6.07) is 208. The quantitative estimate of drug-likeness (QED) is 0.0719. The number of benzene rings is 24. The zero-order valence-electron chi connectivity index (χ0n) is 81.9. The van der Waals surface area contributed by atoms with E-state index in [1.165, 1.54) is 66.0 Å². The highest BCUT2D eigenvalue weighted by Gasteiger charge is 2.24. The highest BCUT2D eigenvalue weighted by Crippen LogP contribution is 2.48. The molecule has 0 aliphatic rings. The van der Waals surface area contributed by atoms with Gasteiger partial charge in [0.05, 0.1) is 22.1 Å². The van der Waals surface area contributed by atoms with Crippen molar-refractivity contribution in [1.29, 1.82) is 0 Å². The minimum Gasteiger partial charge on any atom is -0.456 e. The van der Waals surface area contributed by atoms with E-state index in [1.54, 1.807) is 0 Å². The third-order valence-electron chi connectivity index (χ3n) is 30.3. The standard InChI is InChI=1S/C144H94N4O2/c1-2-18-95(19-3-1)96-38-40-98(41-39-96)106-66-80-118(81-67-106)145(120-84-70-109(71-85-120)104-56-62-115(63-57-104)127-28-16-36-140-143(127)132-25-7-12-34-138(132)149-140)119-82-68-107(69-83-119)99-42-48-102(49-43-99)112-78-92-124(93-79-112)148-136-32-11-6-24-131(136)142-126(27-15-33-137(142)148)114-60-54-103(55-61-114)97-50-52-113(53-51-97)117-20-14-21-125(94-117)146(122-88-74-110(75-89-122)105-58-64-116(65-59-105)128-29-17-37-141-144(128)133-26-8-13-35-139(133)150-141)121-86-72-108(73-87-121)100-44-46-101(47-45-100)111-76-90-123(91-77-111)147-134-30-9-4-22-129(134)130-23-5-10-31-135(130)147/h1-94H. The van der Waals surface area contributed by atoms with Crippen molar-refractivity contribution >= 4 is 122 Å². The summed E-state index contributed by atoms with van der Waals surface area (Å²) in [5.74, 6) is 0. The molecule has 0 N–H and O–H groups in total. The number of hydrogen-bond acceptors (Lipinski definition) is 4. The van der Waals surface area contributed by atoms with Gasteiger partial charge in [-0.1, -0.05) is 425 Å². The van der Waals surface area contributed by atoms with Gasteiger partial charge in [-0.3, -0.25) is 0 Å². The highest BCUT2D eigenvalue weighted by atomic mass is 16.3. The van der Waals surface area contributed by atoms with E-state index in [9.17, 15) is 0 Å². The summed E-state index contributed by atoms with van der Waals surface area (Å²) in [5.41, 5.74) is 47.0. The third-order valence-corrected chi connectivity index (χ3v) is 30.3. The maximum absolute atomic E-state index is 6.30. The molecule has 28 aromatic rings. The Balaban J connectivity index is 0.425. The van der Waals surface area contributed by atoms with E-state index in [-0.39, 0.29) is 0 Å². The van der Waals surface area contributed by atoms with Crippen molar-refractivity contribution in [2.24, 2.45) is 0 Å². The molecule has 0 aliphatic carbocycles. The van der Waals surface area contributed by atoms with Crippen LogP contribution in [0.25, 0.3) is 244 Å². The number of anilines is 6. The Morgan fingerprint density at radius 3 is 0.680 bits per heavy atom. The molecule has 28 rings (SSSR count). The van der Waals surface area contributed by atoms with Crippen LogP contribution in [-0.4, -0.2) is 9.13 Å². The monoisotopic (exact) mass is 1910 g/mol. The fraction of sp³-hybridized carbons (Fsp3) is 0. The summed E-state index contributed by atoms with van der Waals surface area (Å²) >= 11 is 0. The van der Waals surface area contributed by atoms with Crippen LogP contribution in [0, 0.1) is 0 Å². The lowest BCUT2D eigenvalue weighted by Gasteiger charge is -2.26. The van der Waals surface area contributed by atoms with E-state index in [0.717, 1.165) is 212 Å². The van der Waals surface area contributed by atoms with Crippen LogP contribution >= 0.6 is 0 Å². The van der Waals surface area contributed by atoms with E-state index < -0.39 is 0 Å². The summed E-state index contributed by atoms with van der Waals surface area (Å²) in [6.07, 6.45) is 0. The molecule has 702 valence electrons. The molecular weight excluding hydrogens is 1820 g/mol. The molecule has 6 nitrogen and oxygen atoms in total. The molecule has 0 aliphatic heterocycles. The molecule has 4 heterocycles. The number of aromatic nitrogens is 2. The van der Waals surface area contributed by atoms with Crippen molar-refractivity contribution in [2.75, 3.05) is 9.80 Å². The smallest absolute Gasteiger partial charge is 0.136 e. The van der Waals surface area contributed by atoms with Gasteiger partial charge in [0, 0.05) is 88.6 Å². The molecule has 4 aromatic heterocycles. The average Bonchev–Trinajstić information content (AvgIpc) is 1.57. The van der Waals surface area contributed by atoms with Crippen LogP contribution in [-0.2, 0) is 0 Å². The molecule has 0 amide bonds. The van der Waals surface area contributed by atoms with Gasteiger partial charge in [-0.15, -0.1) is 0 Å². The molecule has 0 radical (unpaired) electrons. The van der Waals surface area contributed by atoms with Gasteiger partial charge < -0.3 is 27.8 Å². The minimum atomic E-state index is 0.894. The largest absolute Gasteiger partial charge is 0.456 e. The van der Waals surface area contributed by atoms with Gasteiger partial charge in [-0.05, 0) is 290 Å². The van der Waals surface area contributed by atoms with Crippen LogP contribution < -0.4 is 9.80 Å². The molecular formula is C144H94N4O2. The SMILES string of the molecule is c1ccc(-c2ccc(-c3ccc(N(c4ccc(-c5ccc(-c6ccc(-n7c8ccccc8c8c(-c9ccc(-c%10ccc(-c%11cccc(N(c%12ccc(-c%13ccc(-c%14ccc(-n%15c%16ccccc%16c%16ccccc%16%15)cc%14)cc%13)cc%12)c%12ccc(-c%13ccc(-c%14cccc%15oc%16ccccc%16c%14%15)cc%13)cc%12)c%11)cc%10)cc9)cccc87)cc6)cc5)cc4)c4ccc(-c5ccc(-c6cccc7oc8ccccc8c67)cc5)cc4)cc3)cc2)cc1. The molecule has 0 spiro atoms. The topological polar surface area (TPSA) is 42.6 Å². The van der Waals surface area contributed by atoms with Crippen LogP contribution in [0.5, 0.6) is 0 Å². The third kappa shape index (κ3) is 16.0. The molecule has 0 saturated heterocycles. The second-order valence-corrected chi connectivity index (χ2v) is 38.9. The van der Waals surface area contributed by atoms with Crippen LogP contribution in [0.3, 0.4) is 0 Å². The van der Waals surface area contributed by atoms with Gasteiger partial charge in [0.1, 0.15) is 22.3 Å². The van der Waals surface area contributed by atoms with Crippen LogP contribution in [0.2, 0.25) is 0 Å². The van der Waals surface area contributed by atoms with Crippen molar-refractivity contribution < 1.29 is 8.83 Å². The first-order valence-electron chi connectivity index (χ1n) is 51.3. The van der Waals surface area contributed by atoms with Gasteiger partial charge in [0.15, 0.2) is 0 Å². The lowest BCUT2D eigenvalue weighted by molar-refractivity contribution is 0.668. The summed E-state index contributed by atoms with van der Waals surface area (Å²) in [4.78, 5) is 4.74. The van der Waals surface area contributed by atoms with Gasteiger partial charge in [-0.2, -0.15) is 0 Å². The molecule has 0 fully saturated rings. The number of furan rings is 2. The predicted octanol–water partition coefficient (Wildman–Crippen LogP) is 40.3. The van der Waals surface area contributed by atoms with Crippen molar-refractivity contribution in [2.45, 2.75) is 0 Å². The van der Waals surface area contributed by atoms with Crippen molar-refractivity contribution in [1.82, 2.24) is 9.13 Å². The van der Waals surface area contributed by atoms with Gasteiger partial charge >= 0.3 is 0 Å². The van der Waals surface area contributed by atoms with Crippen LogP contribution in [0.1, 0.15) is 0 Å². The van der Waals surface area contributed by atoms with Gasteiger partial charge in [0.25, 0.3) is 0 Å². The van der Waals surface area contributed by atoms with Crippen molar-refractivity contribution in [3.05, 3.63) is 570 Å². The molecule has 150 heavy (non-hydrogen) atoms. The van der Waals surface area contributed by atoms with E-state index >= 15 is 0 Å². The minimum absolute atomic E-state index is 0.894. The molecule has 24 aromatic carbocycles. The molecule has 6 heteroatoms. The first-order valence-corrected chi connectivity index (χ1v) is 51.3. The first-order chi connectivity index (χ1) is 74.3. The summed E-state index contributed by atoms with van der Waals surface area (Å²) in [7, 11) is 0. The van der Waals surface area contributed by atoms with E-state index in [1.807, 2.05) is 24.3 Å². The van der Waals surface area contributed by atoms with Crippen molar-refractivity contribution in [3.63, 3.8) is 0 Å². The van der Waals surface area contributed by atoms with Crippen LogP contribution in [0.4, 0.5) is 34.1 Å². The fourth-order valence-electron chi connectivity index (χ4n) is 22.7. The van der Waals surface area contributed by atoms with E-state index in [2.05, 4.69) is 565 Å². The van der Waals surface area contributed by atoms with Gasteiger partial charge in [-0.25, -0.2) is 0 Å². The Morgan fingerprint density at radius 1 is 0.127 bits per heavy atom. The van der Waals surface area contributed by atoms with E-state index in [4.69, 9.17) is 8.83 Å². The number of para-hydroxylation sites is 5. The number of nitrogens with zero attached hydrogens (tertiary/aromatic N) is 4. The van der Waals surface area contributed by atoms with Crippen molar-refractivity contribution in [3.8, 4) is 156 Å². The average molecular weight is 1910 g/mol. The molecule has 0 bridgehead atoms. The highest BCUT2D eigenvalue weighted by molar-refractivity contribution is 6.17. The maximum atomic E-state index is 6.30. The van der Waals surface area contributed by atoms with Crippen LogP contribution in [0.15, 0.2) is 579 Å². The number of hydrogen-bond donors (Lipinski definition) is 0. The second-order valence-electron chi connectivity index (χ2n) is 38.9. The Labute approximate surface area is 869 Å². The second kappa shape index (κ2) is 37.4. The molecule has 0 saturated carbocycles. The summed E-state index contributed by atoms with van der Waals surface area (Å²) in [6.45, 7) is 0. The molecule has 0 unspecified atom stereocenters.